The van der Waals surface area contributed by atoms with E-state index >= 15 is 0 Å². The minimum atomic E-state index is -0.345. The average molecular weight is 398 g/mol. The molecule has 0 bridgehead atoms. The van der Waals surface area contributed by atoms with Crippen LogP contribution in [0.1, 0.15) is 74.5 Å². The summed E-state index contributed by atoms with van der Waals surface area (Å²) in [6.07, 6.45) is 7.49. The van der Waals surface area contributed by atoms with Gasteiger partial charge in [-0.05, 0) is 58.4 Å². The summed E-state index contributed by atoms with van der Waals surface area (Å²) < 4.78 is 1.90. The number of rotatable bonds is 4. The smallest absolute Gasteiger partial charge is 0.255 e. The van der Waals surface area contributed by atoms with E-state index < -0.39 is 0 Å². The molecular weight excluding hydrogens is 366 g/mol. The molecule has 4 rings (SSSR count). The lowest BCUT2D eigenvalue weighted by Gasteiger charge is -2.37. The molecule has 0 aliphatic carbocycles. The van der Waals surface area contributed by atoms with Gasteiger partial charge in [-0.2, -0.15) is 5.10 Å². The van der Waals surface area contributed by atoms with Gasteiger partial charge in [-0.25, -0.2) is 9.67 Å². The second-order valence-corrected chi connectivity index (χ2v) is 8.44. The Hall–Kier alpha value is -2.44. The number of likely N-dealkylation sites (tertiary alicyclic amines) is 2. The van der Waals surface area contributed by atoms with E-state index in [4.69, 9.17) is 0 Å². The monoisotopic (exact) mass is 397 g/mol. The summed E-state index contributed by atoms with van der Waals surface area (Å²) in [7, 11) is 0. The number of hydrogen-bond donors (Lipinski definition) is 0. The van der Waals surface area contributed by atoms with E-state index in [1.54, 1.807) is 11.1 Å². The average Bonchev–Trinajstić information content (AvgIpc) is 3.41. The third kappa shape index (κ3) is 3.63. The second-order valence-electron chi connectivity index (χ2n) is 8.44. The van der Waals surface area contributed by atoms with Crippen molar-refractivity contribution in [2.24, 2.45) is 0 Å². The first-order chi connectivity index (χ1) is 14.0. The Labute approximate surface area is 172 Å². The number of carbonyl (C=O) groups is 2. The van der Waals surface area contributed by atoms with Crippen molar-refractivity contribution in [2.75, 3.05) is 19.6 Å². The molecule has 156 valence electrons. The lowest BCUT2D eigenvalue weighted by molar-refractivity contribution is -0.136. The molecule has 0 aromatic carbocycles. The molecule has 0 unspecified atom stereocenters. The van der Waals surface area contributed by atoms with Crippen molar-refractivity contribution < 1.29 is 9.59 Å². The first kappa shape index (κ1) is 19.9. The van der Waals surface area contributed by atoms with E-state index in [1.807, 2.05) is 22.6 Å². The fourth-order valence-corrected chi connectivity index (χ4v) is 4.55. The van der Waals surface area contributed by atoms with Gasteiger partial charge < -0.3 is 9.80 Å². The molecule has 2 aliphatic rings. The van der Waals surface area contributed by atoms with Crippen LogP contribution in [0.25, 0.3) is 11.0 Å². The van der Waals surface area contributed by atoms with E-state index in [0.29, 0.717) is 12.1 Å². The van der Waals surface area contributed by atoms with Crippen LogP contribution in [0.15, 0.2) is 12.3 Å². The van der Waals surface area contributed by atoms with Crippen molar-refractivity contribution in [3.05, 3.63) is 23.5 Å². The zero-order chi connectivity index (χ0) is 20.5. The van der Waals surface area contributed by atoms with Crippen LogP contribution in [-0.4, -0.2) is 62.1 Å². The Morgan fingerprint density at radius 2 is 1.90 bits per heavy atom. The highest BCUT2D eigenvalue weighted by Crippen LogP contribution is 2.27. The Bertz CT molecular complexity index is 915. The minimum absolute atomic E-state index is 0.0681. The van der Waals surface area contributed by atoms with Gasteiger partial charge in [0.2, 0.25) is 5.91 Å². The molecule has 2 fully saturated rings. The van der Waals surface area contributed by atoms with Crippen LogP contribution in [-0.2, 0) is 4.79 Å². The molecule has 0 spiro atoms. The summed E-state index contributed by atoms with van der Waals surface area (Å²) in [5.74, 6) is 0.0503. The quantitative estimate of drug-likeness (QED) is 0.793. The third-order valence-electron chi connectivity index (χ3n) is 6.40. The lowest BCUT2D eigenvalue weighted by atomic mass is 9.99. The zero-order valence-electron chi connectivity index (χ0n) is 17.7. The normalized spacial score (nSPS) is 21.0. The predicted octanol–water partition coefficient (Wildman–Crippen LogP) is 3.33. The molecule has 0 N–H and O–H groups in total. The Morgan fingerprint density at radius 1 is 1.17 bits per heavy atom. The second kappa shape index (κ2) is 8.13. The molecule has 29 heavy (non-hydrogen) atoms. The molecule has 2 aromatic rings. The maximum atomic E-state index is 13.6. The molecule has 0 saturated carbocycles. The van der Waals surface area contributed by atoms with Gasteiger partial charge in [-0.15, -0.1) is 0 Å². The fourth-order valence-electron chi connectivity index (χ4n) is 4.55. The fraction of sp³-hybridized carbons (Fsp3) is 0.636. The molecule has 0 radical (unpaired) electrons. The number of nitrogens with zero attached hydrogens (tertiary/aromatic N) is 5. The molecule has 2 aromatic heterocycles. The van der Waals surface area contributed by atoms with Gasteiger partial charge in [0.15, 0.2) is 5.65 Å². The lowest BCUT2D eigenvalue weighted by Crippen LogP contribution is -2.52. The minimum Gasteiger partial charge on any atom is -0.341 e. The summed E-state index contributed by atoms with van der Waals surface area (Å²) in [5.41, 5.74) is 2.16. The molecular formula is C22H31N5O2. The molecule has 2 aliphatic heterocycles. The Kier molecular flexibility index (Phi) is 5.56. The van der Waals surface area contributed by atoms with Crippen molar-refractivity contribution in [3.8, 4) is 0 Å². The van der Waals surface area contributed by atoms with Gasteiger partial charge in [0.25, 0.3) is 5.91 Å². The Morgan fingerprint density at radius 3 is 2.62 bits per heavy atom. The summed E-state index contributed by atoms with van der Waals surface area (Å²) in [6, 6.07) is 1.71. The standard InChI is InChI=1S/C22H31N5O2/c1-4-16(3)27-20-18(14-23-27)17(13-15(2)24-20)21(28)26-12-6-5-9-19(26)22(29)25-10-7-8-11-25/h13-14,16,19H,4-12H2,1-3H3/t16-,19-/m1/s1. The van der Waals surface area contributed by atoms with Crippen LogP contribution in [0.5, 0.6) is 0 Å². The molecule has 7 nitrogen and oxygen atoms in total. The van der Waals surface area contributed by atoms with Gasteiger partial charge in [0.05, 0.1) is 23.2 Å². The highest BCUT2D eigenvalue weighted by Gasteiger charge is 2.36. The van der Waals surface area contributed by atoms with Crippen LogP contribution in [0.4, 0.5) is 0 Å². The molecule has 2 amide bonds. The van der Waals surface area contributed by atoms with E-state index in [2.05, 4.69) is 23.9 Å². The largest absolute Gasteiger partial charge is 0.341 e. The van der Waals surface area contributed by atoms with Crippen molar-refractivity contribution >= 4 is 22.8 Å². The molecule has 2 atom stereocenters. The first-order valence-electron chi connectivity index (χ1n) is 11.0. The van der Waals surface area contributed by atoms with Crippen molar-refractivity contribution in [1.82, 2.24) is 24.6 Å². The van der Waals surface area contributed by atoms with Crippen molar-refractivity contribution in [3.63, 3.8) is 0 Å². The number of carbonyl (C=O) groups excluding carboxylic acids is 2. The molecule has 7 heteroatoms. The highest BCUT2D eigenvalue weighted by atomic mass is 16.2. The summed E-state index contributed by atoms with van der Waals surface area (Å²) in [4.78, 5) is 35.2. The summed E-state index contributed by atoms with van der Waals surface area (Å²) in [6.45, 7) is 8.39. The van der Waals surface area contributed by atoms with E-state index in [0.717, 1.165) is 68.3 Å². The number of hydrogen-bond acceptors (Lipinski definition) is 4. The van der Waals surface area contributed by atoms with Gasteiger partial charge >= 0.3 is 0 Å². The number of fused-ring (bicyclic) bond motifs is 1. The zero-order valence-corrected chi connectivity index (χ0v) is 17.7. The van der Waals surface area contributed by atoms with Crippen LogP contribution in [0, 0.1) is 6.92 Å². The predicted molar refractivity (Wildman–Crippen MR) is 112 cm³/mol. The summed E-state index contributed by atoms with van der Waals surface area (Å²) >= 11 is 0. The first-order valence-corrected chi connectivity index (χ1v) is 11.0. The van der Waals surface area contributed by atoms with Crippen LogP contribution < -0.4 is 0 Å². The molecule has 4 heterocycles. The van der Waals surface area contributed by atoms with Crippen molar-refractivity contribution in [1.29, 1.82) is 0 Å². The van der Waals surface area contributed by atoms with Crippen LogP contribution in [0.3, 0.4) is 0 Å². The number of aromatic nitrogens is 3. The third-order valence-corrected chi connectivity index (χ3v) is 6.40. The van der Waals surface area contributed by atoms with Gasteiger partial charge in [0.1, 0.15) is 6.04 Å². The van der Waals surface area contributed by atoms with Gasteiger partial charge in [0, 0.05) is 25.3 Å². The Balaban J connectivity index is 1.69. The summed E-state index contributed by atoms with van der Waals surface area (Å²) in [5, 5.41) is 5.30. The van der Waals surface area contributed by atoms with Crippen LogP contribution in [0.2, 0.25) is 0 Å². The van der Waals surface area contributed by atoms with E-state index in [9.17, 15) is 9.59 Å². The number of amides is 2. The van der Waals surface area contributed by atoms with Gasteiger partial charge in [-0.1, -0.05) is 6.92 Å². The molecule has 2 saturated heterocycles. The van der Waals surface area contributed by atoms with E-state index in [1.165, 1.54) is 0 Å². The van der Waals surface area contributed by atoms with Crippen LogP contribution >= 0.6 is 0 Å². The SMILES string of the molecule is CC[C@@H](C)n1ncc2c(C(=O)N3CCCC[C@@H]3C(=O)N3CCCC3)cc(C)nc21. The maximum absolute atomic E-state index is 13.6. The van der Waals surface area contributed by atoms with Crippen molar-refractivity contribution in [2.45, 2.75) is 71.4 Å². The highest BCUT2D eigenvalue weighted by molar-refractivity contribution is 6.07. The number of pyridine rings is 1. The van der Waals surface area contributed by atoms with E-state index in [-0.39, 0.29) is 23.9 Å². The number of aryl methyl sites for hydroxylation is 1. The maximum Gasteiger partial charge on any atom is 0.255 e. The number of piperidine rings is 1. The van der Waals surface area contributed by atoms with Gasteiger partial charge in [-0.3, -0.25) is 9.59 Å². The topological polar surface area (TPSA) is 71.3 Å².